The van der Waals surface area contributed by atoms with Crippen LogP contribution >= 0.6 is 0 Å². The van der Waals surface area contributed by atoms with Crippen molar-refractivity contribution in [3.8, 4) is 11.1 Å². The number of rotatable bonds is 2. The monoisotopic (exact) mass is 294 g/mol. The molecule has 1 aliphatic heterocycles. The number of hydrogen-bond acceptors (Lipinski definition) is 5. The van der Waals surface area contributed by atoms with Crippen LogP contribution in [0.25, 0.3) is 22.2 Å². The molecular formula is C16H18N6. The maximum absolute atomic E-state index is 6.15. The number of aromatic nitrogens is 4. The third-order valence-corrected chi connectivity index (χ3v) is 4.22. The van der Waals surface area contributed by atoms with Gasteiger partial charge in [-0.2, -0.15) is 0 Å². The zero-order valence-corrected chi connectivity index (χ0v) is 12.2. The summed E-state index contributed by atoms with van der Waals surface area (Å²) in [5.41, 5.74) is 10.3. The van der Waals surface area contributed by atoms with E-state index in [1.54, 1.807) is 6.33 Å². The van der Waals surface area contributed by atoms with Crippen LogP contribution in [0.2, 0.25) is 0 Å². The summed E-state index contributed by atoms with van der Waals surface area (Å²) in [6, 6.07) is 2.31. The van der Waals surface area contributed by atoms with Gasteiger partial charge in [0.1, 0.15) is 12.0 Å². The molecule has 0 saturated carbocycles. The first-order valence-electron chi connectivity index (χ1n) is 7.55. The predicted molar refractivity (Wildman–Crippen MR) is 86.5 cm³/mol. The molecule has 0 amide bonds. The van der Waals surface area contributed by atoms with Gasteiger partial charge < -0.3 is 15.6 Å². The van der Waals surface area contributed by atoms with Crippen molar-refractivity contribution in [2.45, 2.75) is 18.9 Å². The van der Waals surface area contributed by atoms with Crippen molar-refractivity contribution in [3.05, 3.63) is 37.2 Å². The minimum Gasteiger partial charge on any atom is -0.369 e. The summed E-state index contributed by atoms with van der Waals surface area (Å²) in [6.45, 7) is 1.91. The second kappa shape index (κ2) is 5.38. The summed E-state index contributed by atoms with van der Waals surface area (Å²) in [5, 5.41) is 1.12. The molecule has 0 radical (unpaired) electrons. The van der Waals surface area contributed by atoms with Crippen molar-refractivity contribution in [2.24, 2.45) is 5.73 Å². The molecule has 6 nitrogen and oxygen atoms in total. The van der Waals surface area contributed by atoms with Gasteiger partial charge in [-0.05, 0) is 18.9 Å². The van der Waals surface area contributed by atoms with Gasteiger partial charge in [-0.3, -0.25) is 0 Å². The van der Waals surface area contributed by atoms with E-state index in [0.717, 1.165) is 48.1 Å². The third-order valence-electron chi connectivity index (χ3n) is 4.22. The molecule has 0 bridgehead atoms. The van der Waals surface area contributed by atoms with Gasteiger partial charge in [0, 0.05) is 60.7 Å². The van der Waals surface area contributed by atoms with Crippen LogP contribution in [-0.2, 0) is 0 Å². The first-order chi connectivity index (χ1) is 10.8. The first-order valence-corrected chi connectivity index (χ1v) is 7.55. The van der Waals surface area contributed by atoms with Crippen LogP contribution in [-0.4, -0.2) is 39.1 Å². The number of hydrogen-bond donors (Lipinski definition) is 2. The lowest BCUT2D eigenvalue weighted by Gasteiger charge is -2.33. The Morgan fingerprint density at radius 3 is 2.95 bits per heavy atom. The van der Waals surface area contributed by atoms with Crippen LogP contribution < -0.4 is 10.6 Å². The second-order valence-corrected chi connectivity index (χ2v) is 5.73. The van der Waals surface area contributed by atoms with Crippen molar-refractivity contribution in [1.82, 2.24) is 19.9 Å². The van der Waals surface area contributed by atoms with Gasteiger partial charge in [-0.15, -0.1) is 0 Å². The van der Waals surface area contributed by atoms with E-state index in [0.29, 0.717) is 0 Å². The Morgan fingerprint density at radius 2 is 2.14 bits per heavy atom. The standard InChI is InChI=1S/C16H18N6/c17-12-2-1-5-22(9-12)14-3-4-20-16-15(14)13(8-21-16)11-6-18-10-19-7-11/h3-4,6-8,10,12H,1-2,5,9,17H2,(H,20,21)/t12-/m1/s1. The fourth-order valence-electron chi connectivity index (χ4n) is 3.20. The predicted octanol–water partition coefficient (Wildman–Crippen LogP) is 1.95. The van der Waals surface area contributed by atoms with Crippen molar-refractivity contribution < 1.29 is 0 Å². The van der Waals surface area contributed by atoms with Gasteiger partial charge in [-0.25, -0.2) is 15.0 Å². The molecule has 3 aromatic rings. The van der Waals surface area contributed by atoms with Crippen LogP contribution in [0.4, 0.5) is 5.69 Å². The summed E-state index contributed by atoms with van der Waals surface area (Å²) in [5.74, 6) is 0. The number of nitrogens with two attached hydrogens (primary N) is 1. The molecular weight excluding hydrogens is 276 g/mol. The number of aromatic amines is 1. The Bertz CT molecular complexity index is 782. The lowest BCUT2D eigenvalue weighted by atomic mass is 10.0. The topological polar surface area (TPSA) is 83.7 Å². The van der Waals surface area contributed by atoms with Gasteiger partial charge in [0.05, 0.1) is 5.39 Å². The van der Waals surface area contributed by atoms with Gasteiger partial charge in [0.2, 0.25) is 0 Å². The van der Waals surface area contributed by atoms with Gasteiger partial charge in [0.25, 0.3) is 0 Å². The molecule has 1 saturated heterocycles. The van der Waals surface area contributed by atoms with E-state index < -0.39 is 0 Å². The van der Waals surface area contributed by atoms with Gasteiger partial charge >= 0.3 is 0 Å². The summed E-state index contributed by atoms with van der Waals surface area (Å²) < 4.78 is 0. The van der Waals surface area contributed by atoms with E-state index in [4.69, 9.17) is 5.73 Å². The van der Waals surface area contributed by atoms with E-state index in [1.807, 2.05) is 24.8 Å². The SMILES string of the molecule is N[C@@H]1CCCN(c2ccnc3[nH]cc(-c4cncnc4)c23)C1. The molecule has 3 N–H and O–H groups in total. The minimum absolute atomic E-state index is 0.236. The van der Waals surface area contributed by atoms with Crippen LogP contribution in [0.1, 0.15) is 12.8 Å². The number of nitrogens with zero attached hydrogens (tertiary/aromatic N) is 4. The third kappa shape index (κ3) is 2.21. The maximum Gasteiger partial charge on any atom is 0.139 e. The number of H-pyrrole nitrogens is 1. The fraction of sp³-hybridized carbons (Fsp3) is 0.312. The number of piperidine rings is 1. The molecule has 0 spiro atoms. The Morgan fingerprint density at radius 1 is 1.27 bits per heavy atom. The normalized spacial score (nSPS) is 18.8. The summed E-state index contributed by atoms with van der Waals surface area (Å²) >= 11 is 0. The van der Waals surface area contributed by atoms with E-state index in [9.17, 15) is 0 Å². The molecule has 1 atom stereocenters. The smallest absolute Gasteiger partial charge is 0.139 e. The zero-order valence-electron chi connectivity index (χ0n) is 12.2. The lowest BCUT2D eigenvalue weighted by molar-refractivity contribution is 0.507. The largest absolute Gasteiger partial charge is 0.369 e. The van der Waals surface area contributed by atoms with E-state index >= 15 is 0 Å². The average Bonchev–Trinajstić information content (AvgIpc) is 3.00. The number of nitrogens with one attached hydrogen (secondary N) is 1. The Kier molecular flexibility index (Phi) is 3.23. The molecule has 22 heavy (non-hydrogen) atoms. The highest BCUT2D eigenvalue weighted by Gasteiger charge is 2.21. The molecule has 1 aliphatic rings. The molecule has 3 aromatic heterocycles. The van der Waals surface area contributed by atoms with Crippen LogP contribution in [0.15, 0.2) is 37.2 Å². The molecule has 6 heteroatoms. The fourth-order valence-corrected chi connectivity index (χ4v) is 3.20. The molecule has 0 aromatic carbocycles. The molecule has 4 heterocycles. The first kappa shape index (κ1) is 13.2. The second-order valence-electron chi connectivity index (χ2n) is 5.73. The summed E-state index contributed by atoms with van der Waals surface area (Å²) in [7, 11) is 0. The number of anilines is 1. The van der Waals surface area contributed by atoms with E-state index in [-0.39, 0.29) is 6.04 Å². The molecule has 112 valence electrons. The molecule has 4 rings (SSSR count). The Balaban J connectivity index is 1.86. The molecule has 0 aliphatic carbocycles. The highest BCUT2D eigenvalue weighted by atomic mass is 15.2. The van der Waals surface area contributed by atoms with Crippen molar-refractivity contribution in [1.29, 1.82) is 0 Å². The molecule has 1 fully saturated rings. The van der Waals surface area contributed by atoms with Crippen molar-refractivity contribution >= 4 is 16.7 Å². The Labute approximate surface area is 128 Å². The quantitative estimate of drug-likeness (QED) is 0.754. The number of fused-ring (bicyclic) bond motifs is 1. The lowest BCUT2D eigenvalue weighted by Crippen LogP contribution is -2.42. The Hall–Kier alpha value is -2.47. The maximum atomic E-state index is 6.15. The van der Waals surface area contributed by atoms with Crippen LogP contribution in [0.5, 0.6) is 0 Å². The van der Waals surface area contributed by atoms with E-state index in [1.165, 1.54) is 5.69 Å². The van der Waals surface area contributed by atoms with Crippen LogP contribution in [0.3, 0.4) is 0 Å². The summed E-state index contributed by atoms with van der Waals surface area (Å²) in [6.07, 6.45) is 11.2. The minimum atomic E-state index is 0.236. The van der Waals surface area contributed by atoms with Crippen molar-refractivity contribution in [3.63, 3.8) is 0 Å². The highest BCUT2D eigenvalue weighted by molar-refractivity contribution is 6.02. The highest BCUT2D eigenvalue weighted by Crippen LogP contribution is 2.35. The van der Waals surface area contributed by atoms with E-state index in [2.05, 4.69) is 30.9 Å². The van der Waals surface area contributed by atoms with Crippen LogP contribution in [0, 0.1) is 0 Å². The van der Waals surface area contributed by atoms with Gasteiger partial charge in [0.15, 0.2) is 0 Å². The van der Waals surface area contributed by atoms with Gasteiger partial charge in [-0.1, -0.05) is 0 Å². The summed E-state index contributed by atoms with van der Waals surface area (Å²) in [4.78, 5) is 18.3. The average molecular weight is 294 g/mol. The van der Waals surface area contributed by atoms with Crippen molar-refractivity contribution in [2.75, 3.05) is 18.0 Å². The zero-order chi connectivity index (χ0) is 14.9. The molecule has 0 unspecified atom stereocenters. The number of pyridine rings is 1.